The number of likely N-dealkylation sites (tertiary alicyclic amines) is 1. The highest BCUT2D eigenvalue weighted by molar-refractivity contribution is 6.35. The molecule has 37 heavy (non-hydrogen) atoms. The minimum atomic E-state index is -0.689. The standard InChI is InChI=1S/C27H34Cl2N6O2/c1-16-14-34(10-8-23(16)33-9-4-5-19(15-33)11-25(36)37)24-13-30-26-17(2)32-35(27(26)31-24)18(3)21-7-6-20(28)12-22(21)29/h6-7,12-13,16,18-19,23H,4-5,8-11,14-15H2,1-3H3,(H,36,37)/t16-,18-,19?,23?/m1/s1. The van der Waals surface area contributed by atoms with Gasteiger partial charge in [0.05, 0.1) is 17.9 Å². The van der Waals surface area contributed by atoms with Crippen LogP contribution in [0.25, 0.3) is 11.2 Å². The molecule has 0 amide bonds. The third-order valence-corrected chi connectivity index (χ3v) is 8.57. The molecular weight excluding hydrogens is 511 g/mol. The van der Waals surface area contributed by atoms with Gasteiger partial charge in [-0.25, -0.2) is 14.6 Å². The first kappa shape index (κ1) is 26.2. The van der Waals surface area contributed by atoms with Crippen molar-refractivity contribution in [1.29, 1.82) is 0 Å². The Hall–Kier alpha value is -2.42. The molecule has 2 aromatic heterocycles. The Balaban J connectivity index is 1.35. The first-order valence-corrected chi connectivity index (χ1v) is 13.8. The number of hydrogen-bond acceptors (Lipinski definition) is 6. The summed E-state index contributed by atoms with van der Waals surface area (Å²) in [4.78, 5) is 25.9. The fourth-order valence-electron chi connectivity index (χ4n) is 6.13. The molecule has 4 heterocycles. The van der Waals surface area contributed by atoms with E-state index < -0.39 is 5.97 Å². The van der Waals surface area contributed by atoms with E-state index in [2.05, 4.69) is 23.6 Å². The van der Waals surface area contributed by atoms with Crippen molar-refractivity contribution in [1.82, 2.24) is 24.6 Å². The summed E-state index contributed by atoms with van der Waals surface area (Å²) in [6.07, 6.45) is 5.24. The van der Waals surface area contributed by atoms with Gasteiger partial charge in [-0.05, 0) is 69.2 Å². The minimum Gasteiger partial charge on any atom is -0.481 e. The average Bonchev–Trinajstić information content (AvgIpc) is 3.19. The number of aryl methyl sites for hydroxylation is 1. The van der Waals surface area contributed by atoms with Crippen LogP contribution in [0.3, 0.4) is 0 Å². The summed E-state index contributed by atoms with van der Waals surface area (Å²) in [6.45, 7) is 10.0. The van der Waals surface area contributed by atoms with Gasteiger partial charge in [-0.1, -0.05) is 36.2 Å². The Bertz CT molecular complexity index is 1300. The molecule has 0 bridgehead atoms. The van der Waals surface area contributed by atoms with Gasteiger partial charge < -0.3 is 10.0 Å². The molecule has 0 radical (unpaired) electrons. The average molecular weight is 546 g/mol. The number of benzene rings is 1. The van der Waals surface area contributed by atoms with Crippen LogP contribution in [-0.2, 0) is 4.79 Å². The molecule has 4 atom stereocenters. The maximum Gasteiger partial charge on any atom is 0.303 e. The molecule has 1 aromatic carbocycles. The van der Waals surface area contributed by atoms with Crippen LogP contribution in [0.5, 0.6) is 0 Å². The van der Waals surface area contributed by atoms with Gasteiger partial charge in [0.15, 0.2) is 5.65 Å². The van der Waals surface area contributed by atoms with E-state index in [1.54, 1.807) is 6.07 Å². The van der Waals surface area contributed by atoms with Crippen molar-refractivity contribution in [2.24, 2.45) is 11.8 Å². The second kappa shape index (κ2) is 10.8. The van der Waals surface area contributed by atoms with Gasteiger partial charge in [-0.2, -0.15) is 5.10 Å². The predicted octanol–water partition coefficient (Wildman–Crippen LogP) is 5.45. The molecule has 2 aliphatic heterocycles. The van der Waals surface area contributed by atoms with Gasteiger partial charge in [0, 0.05) is 42.1 Å². The van der Waals surface area contributed by atoms with E-state index in [1.165, 1.54) is 0 Å². The summed E-state index contributed by atoms with van der Waals surface area (Å²) in [5.74, 6) is 0.860. The molecule has 0 aliphatic carbocycles. The third kappa shape index (κ3) is 5.42. The highest BCUT2D eigenvalue weighted by Gasteiger charge is 2.34. The van der Waals surface area contributed by atoms with Crippen molar-refractivity contribution in [3.63, 3.8) is 0 Å². The fourth-order valence-corrected chi connectivity index (χ4v) is 6.70. The second-order valence-electron chi connectivity index (χ2n) is 10.7. The van der Waals surface area contributed by atoms with E-state index >= 15 is 0 Å². The van der Waals surface area contributed by atoms with Gasteiger partial charge in [0.25, 0.3) is 0 Å². The van der Waals surface area contributed by atoms with E-state index in [1.807, 2.05) is 29.9 Å². The van der Waals surface area contributed by atoms with Gasteiger partial charge in [-0.3, -0.25) is 9.69 Å². The number of halogens is 2. The Morgan fingerprint density at radius 2 is 2.03 bits per heavy atom. The van der Waals surface area contributed by atoms with E-state index in [-0.39, 0.29) is 18.4 Å². The van der Waals surface area contributed by atoms with Gasteiger partial charge in [-0.15, -0.1) is 0 Å². The lowest BCUT2D eigenvalue weighted by molar-refractivity contribution is -0.138. The topological polar surface area (TPSA) is 87.4 Å². The first-order chi connectivity index (χ1) is 17.7. The molecule has 198 valence electrons. The highest BCUT2D eigenvalue weighted by Crippen LogP contribution is 2.33. The van der Waals surface area contributed by atoms with Crippen molar-refractivity contribution in [3.05, 3.63) is 45.7 Å². The van der Waals surface area contributed by atoms with E-state index in [0.717, 1.165) is 73.7 Å². The summed E-state index contributed by atoms with van der Waals surface area (Å²) in [5, 5.41) is 15.2. The Kier molecular flexibility index (Phi) is 7.61. The monoisotopic (exact) mass is 544 g/mol. The number of rotatable bonds is 6. The zero-order chi connectivity index (χ0) is 26.3. The molecule has 5 rings (SSSR count). The number of aromatic nitrogens is 4. The van der Waals surface area contributed by atoms with Crippen LogP contribution in [-0.4, -0.2) is 67.9 Å². The lowest BCUT2D eigenvalue weighted by Gasteiger charge is -2.45. The Morgan fingerprint density at radius 1 is 1.22 bits per heavy atom. The van der Waals surface area contributed by atoms with Crippen molar-refractivity contribution in [3.8, 4) is 0 Å². The maximum absolute atomic E-state index is 11.2. The molecule has 2 aliphatic rings. The summed E-state index contributed by atoms with van der Waals surface area (Å²) < 4.78 is 1.91. The number of aliphatic carboxylic acids is 1. The number of hydrogen-bond donors (Lipinski definition) is 1. The third-order valence-electron chi connectivity index (χ3n) is 8.00. The summed E-state index contributed by atoms with van der Waals surface area (Å²) in [5.41, 5.74) is 3.30. The number of fused-ring (bicyclic) bond motifs is 1. The fraction of sp³-hybridized carbons (Fsp3) is 0.556. The number of carboxylic acids is 1. The quantitative estimate of drug-likeness (QED) is 0.441. The lowest BCUT2D eigenvalue weighted by atomic mass is 9.87. The number of nitrogens with zero attached hydrogens (tertiary/aromatic N) is 6. The SMILES string of the molecule is Cc1nn([C@H](C)c2ccc(Cl)cc2Cl)c2nc(N3CCC(N4CCCC(CC(=O)O)C4)[C@H](C)C3)cnc12. The van der Waals surface area contributed by atoms with Crippen LogP contribution in [0.1, 0.15) is 56.8 Å². The number of carboxylic acid groups (broad SMARTS) is 1. The Labute approximate surface area is 227 Å². The van der Waals surface area contributed by atoms with Crippen LogP contribution < -0.4 is 4.90 Å². The summed E-state index contributed by atoms with van der Waals surface area (Å²) in [7, 11) is 0. The number of anilines is 1. The van der Waals surface area contributed by atoms with Crippen molar-refractivity contribution >= 4 is 46.2 Å². The van der Waals surface area contributed by atoms with E-state index in [0.29, 0.717) is 22.0 Å². The molecule has 8 nitrogen and oxygen atoms in total. The van der Waals surface area contributed by atoms with Crippen LogP contribution in [0, 0.1) is 18.8 Å². The zero-order valence-electron chi connectivity index (χ0n) is 21.6. The van der Waals surface area contributed by atoms with Crippen molar-refractivity contribution < 1.29 is 9.90 Å². The highest BCUT2D eigenvalue weighted by atomic mass is 35.5. The molecule has 10 heteroatoms. The molecule has 1 N–H and O–H groups in total. The minimum absolute atomic E-state index is 0.131. The molecule has 2 saturated heterocycles. The number of piperidine rings is 2. The van der Waals surface area contributed by atoms with Crippen LogP contribution in [0.2, 0.25) is 10.0 Å². The zero-order valence-corrected chi connectivity index (χ0v) is 23.1. The molecule has 2 unspecified atom stereocenters. The molecule has 0 spiro atoms. The van der Waals surface area contributed by atoms with Crippen LogP contribution in [0.15, 0.2) is 24.4 Å². The molecule has 3 aromatic rings. The lowest BCUT2D eigenvalue weighted by Crippen LogP contribution is -2.53. The number of carbonyl (C=O) groups is 1. The largest absolute Gasteiger partial charge is 0.481 e. The molecule has 2 fully saturated rings. The van der Waals surface area contributed by atoms with Gasteiger partial charge >= 0.3 is 5.97 Å². The smallest absolute Gasteiger partial charge is 0.303 e. The predicted molar refractivity (Wildman–Crippen MR) is 147 cm³/mol. The van der Waals surface area contributed by atoms with Crippen molar-refractivity contribution in [2.75, 3.05) is 31.1 Å². The Morgan fingerprint density at radius 3 is 2.76 bits per heavy atom. The second-order valence-corrected chi connectivity index (χ2v) is 11.5. The normalized spacial score (nSPS) is 23.9. The van der Waals surface area contributed by atoms with Crippen molar-refractivity contribution in [2.45, 2.75) is 58.5 Å². The molecular formula is C27H34Cl2N6O2. The van der Waals surface area contributed by atoms with Crippen LogP contribution >= 0.6 is 23.2 Å². The maximum atomic E-state index is 11.2. The van der Waals surface area contributed by atoms with Gasteiger partial charge in [0.2, 0.25) is 0 Å². The van der Waals surface area contributed by atoms with Gasteiger partial charge in [0.1, 0.15) is 11.3 Å². The molecule has 0 saturated carbocycles. The van der Waals surface area contributed by atoms with E-state index in [9.17, 15) is 9.90 Å². The summed E-state index contributed by atoms with van der Waals surface area (Å²) >= 11 is 12.6. The first-order valence-electron chi connectivity index (χ1n) is 13.1. The van der Waals surface area contributed by atoms with Crippen LogP contribution in [0.4, 0.5) is 5.82 Å². The summed E-state index contributed by atoms with van der Waals surface area (Å²) in [6, 6.07) is 5.86. The van der Waals surface area contributed by atoms with E-state index in [4.69, 9.17) is 38.3 Å².